The van der Waals surface area contributed by atoms with Crippen LogP contribution in [0, 0.1) is 0 Å². The van der Waals surface area contributed by atoms with E-state index in [0.29, 0.717) is 31.6 Å². The average Bonchev–Trinajstić information content (AvgIpc) is 3.11. The molecule has 1 fully saturated rings. The Morgan fingerprint density at radius 1 is 1.12 bits per heavy atom. The van der Waals surface area contributed by atoms with Crippen LogP contribution in [0.15, 0.2) is 11.0 Å². The molecule has 1 saturated heterocycles. The van der Waals surface area contributed by atoms with Gasteiger partial charge in [0.2, 0.25) is 5.91 Å². The largest absolute Gasteiger partial charge is 0.477 e. The molecule has 3 heterocycles. The maximum atomic E-state index is 12.6. The monoisotopic (exact) mass is 361 g/mol. The maximum Gasteiger partial charge on any atom is 0.341 e. The third-order valence-electron chi connectivity index (χ3n) is 5.45. The van der Waals surface area contributed by atoms with E-state index in [-0.39, 0.29) is 11.5 Å². The maximum absolute atomic E-state index is 12.6. The predicted molar refractivity (Wildman–Crippen MR) is 97.4 cm³/mol. The third-order valence-corrected chi connectivity index (χ3v) is 5.45. The molecule has 3 rings (SSSR count). The van der Waals surface area contributed by atoms with E-state index in [4.69, 9.17) is 0 Å². The minimum absolute atomic E-state index is 0.0316. The average molecular weight is 361 g/mol. The highest BCUT2D eigenvalue weighted by atomic mass is 16.4. The molecule has 142 valence electrons. The summed E-state index contributed by atoms with van der Waals surface area (Å²) in [6, 6.07) is 0. The van der Waals surface area contributed by atoms with Crippen LogP contribution in [0.3, 0.4) is 0 Å². The van der Waals surface area contributed by atoms with Crippen LogP contribution in [0.5, 0.6) is 0 Å². The molecule has 0 atom stereocenters. The van der Waals surface area contributed by atoms with Gasteiger partial charge >= 0.3 is 5.97 Å². The summed E-state index contributed by atoms with van der Waals surface area (Å²) in [5.74, 6) is -1.20. The highest BCUT2D eigenvalue weighted by molar-refractivity contribution is 5.89. The predicted octanol–water partition coefficient (Wildman–Crippen LogP) is 1.33. The number of carboxylic acid groups (broad SMARTS) is 1. The highest BCUT2D eigenvalue weighted by Gasteiger charge is 2.26. The molecule has 7 nitrogen and oxygen atoms in total. The van der Waals surface area contributed by atoms with Crippen LogP contribution in [0.2, 0.25) is 0 Å². The molecule has 1 aromatic rings. The van der Waals surface area contributed by atoms with Crippen LogP contribution >= 0.6 is 0 Å². The second-order valence-corrected chi connectivity index (χ2v) is 7.26. The van der Waals surface area contributed by atoms with E-state index in [1.165, 1.54) is 24.3 Å². The topological polar surface area (TPSA) is 82.9 Å². The molecular formula is C19H27N3O4. The van der Waals surface area contributed by atoms with Crippen LogP contribution < -0.4 is 5.56 Å². The number of pyridine rings is 1. The Kier molecular flexibility index (Phi) is 5.76. The minimum Gasteiger partial charge on any atom is -0.477 e. The van der Waals surface area contributed by atoms with Crippen molar-refractivity contribution < 1.29 is 14.7 Å². The van der Waals surface area contributed by atoms with Crippen molar-refractivity contribution in [3.05, 3.63) is 33.2 Å². The van der Waals surface area contributed by atoms with Crippen LogP contribution in [-0.2, 0) is 24.3 Å². The molecule has 1 aromatic heterocycles. The first-order valence-corrected chi connectivity index (χ1v) is 9.43. The molecule has 7 heteroatoms. The lowest BCUT2D eigenvalue weighted by atomic mass is 9.96. The van der Waals surface area contributed by atoms with Gasteiger partial charge in [-0.1, -0.05) is 0 Å². The van der Waals surface area contributed by atoms with E-state index < -0.39 is 11.5 Å². The summed E-state index contributed by atoms with van der Waals surface area (Å²) >= 11 is 0. The first kappa shape index (κ1) is 18.6. The van der Waals surface area contributed by atoms with Gasteiger partial charge in [-0.2, -0.15) is 0 Å². The van der Waals surface area contributed by atoms with E-state index in [2.05, 4.69) is 4.90 Å². The zero-order valence-corrected chi connectivity index (χ0v) is 15.4. The Labute approximate surface area is 153 Å². The molecule has 0 bridgehead atoms. The Morgan fingerprint density at radius 3 is 2.46 bits per heavy atom. The van der Waals surface area contributed by atoms with E-state index in [1.54, 1.807) is 11.1 Å². The van der Waals surface area contributed by atoms with E-state index in [9.17, 15) is 19.5 Å². The number of unbranched alkanes of at least 4 members (excludes halogenated alkanes) is 1. The van der Waals surface area contributed by atoms with Gasteiger partial charge in [0.05, 0.1) is 0 Å². The number of aromatic nitrogens is 1. The van der Waals surface area contributed by atoms with Crippen molar-refractivity contribution in [2.24, 2.45) is 0 Å². The normalized spacial score (nSPS) is 17.3. The van der Waals surface area contributed by atoms with E-state index in [1.807, 2.05) is 0 Å². The summed E-state index contributed by atoms with van der Waals surface area (Å²) < 4.78 is 1.52. The Hall–Kier alpha value is -2.15. The van der Waals surface area contributed by atoms with Crippen molar-refractivity contribution in [2.45, 2.75) is 52.1 Å². The van der Waals surface area contributed by atoms with Crippen LogP contribution in [0.25, 0.3) is 0 Å². The number of carbonyl (C=O) groups is 2. The molecule has 1 N–H and O–H groups in total. The Bertz CT molecular complexity index is 750. The molecule has 0 aromatic carbocycles. The molecule has 0 saturated carbocycles. The second kappa shape index (κ2) is 8.03. The number of rotatable bonds is 6. The highest BCUT2D eigenvalue weighted by Crippen LogP contribution is 2.21. The van der Waals surface area contributed by atoms with Crippen LogP contribution in [-0.4, -0.2) is 57.5 Å². The molecule has 0 unspecified atom stereocenters. The molecule has 2 aliphatic heterocycles. The Balaban J connectivity index is 1.75. The molecule has 26 heavy (non-hydrogen) atoms. The number of aryl methyl sites for hydroxylation is 1. The molecule has 2 aliphatic rings. The van der Waals surface area contributed by atoms with Gasteiger partial charge < -0.3 is 19.5 Å². The number of aromatic carboxylic acids is 1. The van der Waals surface area contributed by atoms with Crippen molar-refractivity contribution >= 4 is 11.9 Å². The van der Waals surface area contributed by atoms with Gasteiger partial charge in [-0.25, -0.2) is 4.79 Å². The van der Waals surface area contributed by atoms with Gasteiger partial charge in [-0.15, -0.1) is 0 Å². The molecule has 0 aliphatic carbocycles. The first-order chi connectivity index (χ1) is 12.5. The van der Waals surface area contributed by atoms with Crippen molar-refractivity contribution in [1.82, 2.24) is 14.4 Å². The molecule has 1 amide bonds. The Morgan fingerprint density at radius 2 is 1.81 bits per heavy atom. The van der Waals surface area contributed by atoms with Crippen LogP contribution in [0.1, 0.15) is 54.1 Å². The lowest BCUT2D eigenvalue weighted by Gasteiger charge is -2.29. The van der Waals surface area contributed by atoms with Gasteiger partial charge in [0, 0.05) is 32.8 Å². The molecule has 0 radical (unpaired) electrons. The summed E-state index contributed by atoms with van der Waals surface area (Å²) in [4.78, 5) is 40.1. The van der Waals surface area contributed by atoms with Gasteiger partial charge in [0.1, 0.15) is 5.56 Å². The number of carboxylic acids is 1. The second-order valence-electron chi connectivity index (χ2n) is 7.26. The quantitative estimate of drug-likeness (QED) is 0.773. The van der Waals surface area contributed by atoms with Crippen molar-refractivity contribution in [3.8, 4) is 0 Å². The number of likely N-dealkylation sites (tertiary alicyclic amines) is 1. The summed E-state index contributed by atoms with van der Waals surface area (Å²) in [7, 11) is 0. The molecule has 0 spiro atoms. The lowest BCUT2D eigenvalue weighted by Crippen LogP contribution is -2.38. The fourth-order valence-electron chi connectivity index (χ4n) is 3.99. The SMILES string of the molecule is CC(=O)N1CCc2c(cn(CCCCN3CCCC3)c(=O)c2C(=O)O)C1. The number of nitrogens with zero attached hydrogens (tertiary/aromatic N) is 3. The summed E-state index contributed by atoms with van der Waals surface area (Å²) in [6.07, 6.45) is 6.53. The summed E-state index contributed by atoms with van der Waals surface area (Å²) in [6.45, 7) is 6.20. The zero-order chi connectivity index (χ0) is 18.7. The van der Waals surface area contributed by atoms with Crippen LogP contribution in [0.4, 0.5) is 0 Å². The summed E-state index contributed by atoms with van der Waals surface area (Å²) in [5.41, 5.74) is 0.829. The smallest absolute Gasteiger partial charge is 0.341 e. The fraction of sp³-hybridized carbons (Fsp3) is 0.632. The van der Waals surface area contributed by atoms with Crippen molar-refractivity contribution in [1.29, 1.82) is 0 Å². The number of hydrogen-bond acceptors (Lipinski definition) is 4. The lowest BCUT2D eigenvalue weighted by molar-refractivity contribution is -0.129. The van der Waals surface area contributed by atoms with E-state index in [0.717, 1.165) is 38.0 Å². The first-order valence-electron chi connectivity index (χ1n) is 9.43. The number of carbonyl (C=O) groups excluding carboxylic acids is 1. The van der Waals surface area contributed by atoms with Crippen molar-refractivity contribution in [2.75, 3.05) is 26.2 Å². The van der Waals surface area contributed by atoms with Crippen molar-refractivity contribution in [3.63, 3.8) is 0 Å². The number of hydrogen-bond donors (Lipinski definition) is 1. The standard InChI is InChI=1S/C19H27N3O4/c1-14(23)21-11-6-16-15(12-21)13-22(18(24)17(16)19(25)26)10-5-4-9-20-7-2-3-8-20/h13H,2-12H2,1H3,(H,25,26). The number of fused-ring (bicyclic) bond motifs is 1. The van der Waals surface area contributed by atoms with Gasteiger partial charge in [-0.05, 0) is 62.9 Å². The third kappa shape index (κ3) is 3.98. The van der Waals surface area contributed by atoms with Gasteiger partial charge in [0.25, 0.3) is 5.56 Å². The van der Waals surface area contributed by atoms with E-state index >= 15 is 0 Å². The summed E-state index contributed by atoms with van der Waals surface area (Å²) in [5, 5.41) is 9.54. The molecular weight excluding hydrogens is 334 g/mol. The van der Waals surface area contributed by atoms with Gasteiger partial charge in [0.15, 0.2) is 0 Å². The zero-order valence-electron chi connectivity index (χ0n) is 15.4. The van der Waals surface area contributed by atoms with Gasteiger partial charge in [-0.3, -0.25) is 9.59 Å². The fourth-order valence-corrected chi connectivity index (χ4v) is 3.99. The number of amides is 1. The minimum atomic E-state index is -1.17.